The Morgan fingerprint density at radius 1 is 0.967 bits per heavy atom. The molecule has 2 aromatic carbocycles. The molecule has 0 spiro atoms. The van der Waals surface area contributed by atoms with Gasteiger partial charge in [0.2, 0.25) is 11.7 Å². The fourth-order valence-corrected chi connectivity index (χ4v) is 9.72. The molecule has 1 fully saturated rings. The second kappa shape index (κ2) is 23.6. The zero-order chi connectivity index (χ0) is 43.8. The Morgan fingerprint density at radius 3 is 2.33 bits per heavy atom. The first kappa shape index (κ1) is 48.3. The number of ether oxygens (including phenoxy) is 3. The van der Waals surface area contributed by atoms with Crippen LogP contribution in [0, 0.1) is 23.6 Å². The first-order valence-corrected chi connectivity index (χ1v) is 23.4. The van der Waals surface area contributed by atoms with Crippen molar-refractivity contribution in [2.45, 2.75) is 167 Å². The summed E-state index contributed by atoms with van der Waals surface area (Å²) in [5.41, 5.74) is 2.63. The molecule has 0 saturated heterocycles. The van der Waals surface area contributed by atoms with Gasteiger partial charge in [0.05, 0.1) is 18.2 Å². The summed E-state index contributed by atoms with van der Waals surface area (Å²) in [6.45, 7) is 12.7. The topological polar surface area (TPSA) is 110 Å². The maximum Gasteiger partial charge on any atom is 0.239 e. The van der Waals surface area contributed by atoms with Crippen LogP contribution < -0.4 is 9.47 Å². The molecule has 3 aliphatic rings. The second-order valence-electron chi connectivity index (χ2n) is 18.4. The number of hydrogen-bond donors (Lipinski definition) is 2. The molecule has 0 unspecified atom stereocenters. The van der Waals surface area contributed by atoms with E-state index >= 15 is 0 Å². The predicted molar refractivity (Wildman–Crippen MR) is 241 cm³/mol. The first-order valence-electron chi connectivity index (χ1n) is 23.4. The summed E-state index contributed by atoms with van der Waals surface area (Å²) in [6, 6.07) is 11.9. The van der Waals surface area contributed by atoms with Crippen molar-refractivity contribution in [1.82, 2.24) is 4.90 Å². The summed E-state index contributed by atoms with van der Waals surface area (Å²) in [7, 11) is 1.88. The lowest BCUT2D eigenvalue weighted by atomic mass is 9.55. The average molecular weight is 847 g/mol. The highest BCUT2D eigenvalue weighted by Crippen LogP contribution is 2.62. The standard InChI is InChI=1S/C51H75FN2O7/c1-7-9-10-11-12-13-14-15-16-27-47(57)54(6)46-35-44(53-61-50(3,4)5)41-33-37(23-19-21-30-55)40(25-20-22-31-56)48-42-34-39(58-36-38-24-17-18-26-43(38)52)28-29-45(42)60-51(46,49(41)48)59-32-8-2/h8,17-18,24,26,28-29,33-34,37,40,46,48-49,55-56H,2,7,9-16,19-23,25,27,30-32,35-36H2,1,3-6H3/t37-,40+,46-,48+,49+,51+/m0/s1. The van der Waals surface area contributed by atoms with Crippen molar-refractivity contribution in [3.63, 3.8) is 0 Å². The molecule has 0 aromatic heterocycles. The number of fused-ring (bicyclic) bond motifs is 2. The van der Waals surface area contributed by atoms with E-state index in [1.165, 1.54) is 44.6 Å². The Bertz CT molecular complexity index is 1760. The number of rotatable bonds is 26. The van der Waals surface area contributed by atoms with E-state index in [1.54, 1.807) is 24.3 Å². The van der Waals surface area contributed by atoms with E-state index in [0.717, 1.165) is 61.8 Å². The van der Waals surface area contributed by atoms with Crippen LogP contribution in [0.15, 0.2) is 71.9 Å². The number of carbonyl (C=O) groups excluding carboxylic acids is 1. The van der Waals surface area contributed by atoms with Crippen molar-refractivity contribution in [3.8, 4) is 11.5 Å². The lowest BCUT2D eigenvalue weighted by Gasteiger charge is -2.59. The number of amides is 1. The number of allylic oxidation sites excluding steroid dienone is 1. The van der Waals surface area contributed by atoms with Crippen LogP contribution in [-0.4, -0.2) is 71.0 Å². The number of aliphatic hydroxyl groups excluding tert-OH is 2. The number of hydrogen-bond acceptors (Lipinski definition) is 8. The molecule has 338 valence electrons. The predicted octanol–water partition coefficient (Wildman–Crippen LogP) is 11.2. The Kier molecular flexibility index (Phi) is 18.7. The monoisotopic (exact) mass is 847 g/mol. The normalized spacial score (nSPS) is 23.7. The van der Waals surface area contributed by atoms with E-state index < -0.39 is 23.3 Å². The molecule has 1 saturated carbocycles. The minimum atomic E-state index is -1.30. The Balaban J connectivity index is 1.60. The van der Waals surface area contributed by atoms with Crippen molar-refractivity contribution in [2.75, 3.05) is 26.9 Å². The third-order valence-corrected chi connectivity index (χ3v) is 12.8. The molecule has 5 rings (SSSR count). The fraction of sp³-hybridized carbons (Fsp3) is 0.647. The number of unbranched alkanes of at least 4 members (excludes halogenated alkanes) is 10. The molecule has 61 heavy (non-hydrogen) atoms. The van der Waals surface area contributed by atoms with Crippen LogP contribution in [0.1, 0.15) is 154 Å². The number of benzene rings is 2. The maximum atomic E-state index is 14.7. The Morgan fingerprint density at radius 2 is 1.66 bits per heavy atom. The van der Waals surface area contributed by atoms with Gasteiger partial charge >= 0.3 is 0 Å². The lowest BCUT2D eigenvalue weighted by molar-refractivity contribution is -0.255. The lowest BCUT2D eigenvalue weighted by Crippen LogP contribution is -2.69. The SMILES string of the molecule is C=CCO[C@@]12Oc3ccc(OCc4ccccc4F)cc3[C@H]3[C@H](CCCCO)[C@@H](CCCCO)C=C(C(=NOC(C)(C)C)C[C@@H]1N(C)C(=O)CCCCCCCCCCC)[C@H]32. The molecular formula is C51H75FN2O7. The van der Waals surface area contributed by atoms with Gasteiger partial charge < -0.3 is 34.2 Å². The molecule has 2 N–H and O–H groups in total. The van der Waals surface area contributed by atoms with E-state index in [-0.39, 0.29) is 55.9 Å². The van der Waals surface area contributed by atoms with Gasteiger partial charge in [0.1, 0.15) is 35.6 Å². The Hall–Kier alpha value is -3.73. The number of nitrogens with zero attached hydrogens (tertiary/aromatic N) is 2. The molecule has 2 aliphatic carbocycles. The van der Waals surface area contributed by atoms with Gasteiger partial charge in [0, 0.05) is 50.1 Å². The Labute approximate surface area is 365 Å². The molecule has 0 radical (unpaired) electrons. The van der Waals surface area contributed by atoms with Crippen LogP contribution in [0.5, 0.6) is 11.5 Å². The molecule has 0 bridgehead atoms. The summed E-state index contributed by atoms with van der Waals surface area (Å²) in [5.74, 6) is -0.721. The number of likely N-dealkylation sites (N-methyl/N-ethyl adjacent to an activating group) is 1. The van der Waals surface area contributed by atoms with E-state index in [9.17, 15) is 19.4 Å². The van der Waals surface area contributed by atoms with Crippen LogP contribution in [0.2, 0.25) is 0 Å². The van der Waals surface area contributed by atoms with Crippen molar-refractivity contribution in [1.29, 1.82) is 0 Å². The van der Waals surface area contributed by atoms with Crippen LogP contribution in [0.4, 0.5) is 4.39 Å². The molecular weight excluding hydrogens is 772 g/mol. The van der Waals surface area contributed by atoms with Gasteiger partial charge in [-0.2, -0.15) is 0 Å². The third-order valence-electron chi connectivity index (χ3n) is 12.8. The highest BCUT2D eigenvalue weighted by atomic mass is 19.1. The zero-order valence-electron chi connectivity index (χ0n) is 37.8. The highest BCUT2D eigenvalue weighted by Gasteiger charge is 2.65. The number of oxime groups is 1. The zero-order valence-corrected chi connectivity index (χ0v) is 37.8. The number of carbonyl (C=O) groups is 1. The summed E-state index contributed by atoms with van der Waals surface area (Å²) < 4.78 is 35.3. The average Bonchev–Trinajstić information content (AvgIpc) is 3.24. The summed E-state index contributed by atoms with van der Waals surface area (Å²) in [6.07, 6.45) is 20.1. The van der Waals surface area contributed by atoms with E-state index in [1.807, 2.05) is 50.9 Å². The van der Waals surface area contributed by atoms with E-state index in [4.69, 9.17) is 24.2 Å². The molecule has 2 aromatic rings. The quantitative estimate of drug-likeness (QED) is 0.0551. The second-order valence-corrected chi connectivity index (χ2v) is 18.4. The molecule has 9 nitrogen and oxygen atoms in total. The van der Waals surface area contributed by atoms with Gasteiger partial charge in [-0.25, -0.2) is 4.39 Å². The molecule has 1 amide bonds. The van der Waals surface area contributed by atoms with Crippen LogP contribution in [-0.2, 0) is 21.0 Å². The largest absolute Gasteiger partial charge is 0.489 e. The van der Waals surface area contributed by atoms with Gasteiger partial charge in [0.25, 0.3) is 0 Å². The summed E-state index contributed by atoms with van der Waals surface area (Å²) in [4.78, 5) is 22.4. The van der Waals surface area contributed by atoms with Gasteiger partial charge in [-0.05, 0) is 94.5 Å². The molecule has 1 heterocycles. The van der Waals surface area contributed by atoms with E-state index in [0.29, 0.717) is 42.7 Å². The van der Waals surface area contributed by atoms with E-state index in [2.05, 4.69) is 19.6 Å². The highest BCUT2D eigenvalue weighted by molar-refractivity contribution is 6.03. The van der Waals surface area contributed by atoms with Crippen LogP contribution in [0.25, 0.3) is 0 Å². The first-order chi connectivity index (χ1) is 29.5. The minimum Gasteiger partial charge on any atom is -0.489 e. The van der Waals surface area contributed by atoms with Gasteiger partial charge in [-0.1, -0.05) is 107 Å². The summed E-state index contributed by atoms with van der Waals surface area (Å²) >= 11 is 0. The maximum absolute atomic E-state index is 14.7. The van der Waals surface area contributed by atoms with Gasteiger partial charge in [-0.15, -0.1) is 6.58 Å². The number of halogens is 1. The smallest absolute Gasteiger partial charge is 0.239 e. The van der Waals surface area contributed by atoms with Crippen LogP contribution >= 0.6 is 0 Å². The number of aliphatic hydroxyl groups is 2. The molecule has 1 aliphatic heterocycles. The summed E-state index contributed by atoms with van der Waals surface area (Å²) in [5, 5.41) is 24.7. The van der Waals surface area contributed by atoms with Crippen molar-refractivity contribution < 1.29 is 38.4 Å². The minimum absolute atomic E-state index is 0.0399. The molecule has 6 atom stereocenters. The fourth-order valence-electron chi connectivity index (χ4n) is 9.72. The van der Waals surface area contributed by atoms with Crippen molar-refractivity contribution >= 4 is 11.6 Å². The van der Waals surface area contributed by atoms with Gasteiger partial charge in [0.15, 0.2) is 0 Å². The van der Waals surface area contributed by atoms with Crippen molar-refractivity contribution in [2.24, 2.45) is 22.9 Å². The third kappa shape index (κ3) is 12.7. The van der Waals surface area contributed by atoms with Crippen LogP contribution in [0.3, 0.4) is 0 Å². The molecule has 10 heteroatoms. The van der Waals surface area contributed by atoms with Crippen molar-refractivity contribution in [3.05, 3.63) is 83.7 Å². The van der Waals surface area contributed by atoms with Gasteiger partial charge in [-0.3, -0.25) is 4.79 Å².